The van der Waals surface area contributed by atoms with Crippen molar-refractivity contribution in [3.63, 3.8) is 0 Å². The number of hydrogen-bond donors (Lipinski definition) is 0. The average molecular weight is 585 g/mol. The highest BCUT2D eigenvalue weighted by Gasteiger charge is 2.51. The summed E-state index contributed by atoms with van der Waals surface area (Å²) < 4.78 is 6.74. The summed E-state index contributed by atoms with van der Waals surface area (Å²) in [5, 5.41) is 5.01. The molecular weight excluding hydrogens is 556 g/mol. The van der Waals surface area contributed by atoms with E-state index in [1.807, 2.05) is 0 Å². The van der Waals surface area contributed by atoms with Gasteiger partial charge in [-0.1, -0.05) is 152 Å². The summed E-state index contributed by atoms with van der Waals surface area (Å²) in [4.78, 5) is 0. The van der Waals surface area contributed by atoms with Gasteiger partial charge < -0.3 is 4.74 Å². The Bertz CT molecular complexity index is 2400. The molecule has 1 nitrogen and oxygen atoms in total. The molecule has 1 aliphatic heterocycles. The lowest BCUT2D eigenvalue weighted by Gasteiger charge is -2.39. The van der Waals surface area contributed by atoms with Crippen LogP contribution in [0.15, 0.2) is 170 Å². The van der Waals surface area contributed by atoms with Crippen molar-refractivity contribution in [1.29, 1.82) is 0 Å². The van der Waals surface area contributed by atoms with E-state index in [4.69, 9.17) is 4.74 Å². The van der Waals surface area contributed by atoms with Crippen molar-refractivity contribution in [3.05, 3.63) is 192 Å². The van der Waals surface area contributed by atoms with Crippen LogP contribution in [-0.4, -0.2) is 0 Å². The largest absolute Gasteiger partial charge is 0.457 e. The van der Waals surface area contributed by atoms with Crippen LogP contribution in [0.3, 0.4) is 0 Å². The minimum atomic E-state index is -0.497. The van der Waals surface area contributed by atoms with Crippen LogP contribution in [-0.2, 0) is 5.41 Å². The van der Waals surface area contributed by atoms with Crippen LogP contribution in [0.2, 0.25) is 0 Å². The molecule has 0 radical (unpaired) electrons. The molecule has 8 aromatic rings. The van der Waals surface area contributed by atoms with Crippen LogP contribution < -0.4 is 4.74 Å². The first-order valence-corrected chi connectivity index (χ1v) is 15.9. The third kappa shape index (κ3) is 3.29. The van der Waals surface area contributed by atoms with E-state index in [0.29, 0.717) is 0 Å². The van der Waals surface area contributed by atoms with Crippen molar-refractivity contribution in [2.75, 3.05) is 0 Å². The third-order valence-corrected chi connectivity index (χ3v) is 10.1. The van der Waals surface area contributed by atoms with Crippen LogP contribution in [0, 0.1) is 0 Å². The van der Waals surface area contributed by atoms with Crippen molar-refractivity contribution in [3.8, 4) is 44.9 Å². The Kier molecular flexibility index (Phi) is 5.27. The van der Waals surface area contributed by atoms with E-state index in [0.717, 1.165) is 11.5 Å². The van der Waals surface area contributed by atoms with Gasteiger partial charge in [-0.25, -0.2) is 0 Å². The molecule has 214 valence electrons. The van der Waals surface area contributed by atoms with Gasteiger partial charge in [0.25, 0.3) is 0 Å². The van der Waals surface area contributed by atoms with E-state index in [2.05, 4.69) is 170 Å². The van der Waals surface area contributed by atoms with Crippen LogP contribution in [0.4, 0.5) is 0 Å². The predicted molar refractivity (Wildman–Crippen MR) is 190 cm³/mol. The molecule has 8 aromatic carbocycles. The Morgan fingerprint density at radius 3 is 1.39 bits per heavy atom. The van der Waals surface area contributed by atoms with Crippen molar-refractivity contribution < 1.29 is 4.74 Å². The average Bonchev–Trinajstić information content (AvgIpc) is 3.42. The molecule has 0 saturated heterocycles. The highest BCUT2D eigenvalue weighted by Crippen LogP contribution is 2.62. The number of hydrogen-bond acceptors (Lipinski definition) is 1. The van der Waals surface area contributed by atoms with Gasteiger partial charge in [-0.2, -0.15) is 0 Å². The van der Waals surface area contributed by atoms with Gasteiger partial charge in [0.1, 0.15) is 11.5 Å². The summed E-state index contributed by atoms with van der Waals surface area (Å²) in [6, 6.07) is 61.8. The van der Waals surface area contributed by atoms with Gasteiger partial charge in [0.15, 0.2) is 0 Å². The van der Waals surface area contributed by atoms with Gasteiger partial charge in [0.2, 0.25) is 0 Å². The molecule has 1 aliphatic carbocycles. The highest BCUT2D eigenvalue weighted by atomic mass is 16.5. The maximum Gasteiger partial charge on any atom is 0.132 e. The second kappa shape index (κ2) is 9.54. The zero-order valence-electron chi connectivity index (χ0n) is 25.1. The molecular formula is C45H28O. The number of benzene rings is 8. The minimum absolute atomic E-state index is 0.497. The normalized spacial score (nSPS) is 13.6. The maximum atomic E-state index is 6.74. The Morgan fingerprint density at radius 2 is 0.783 bits per heavy atom. The van der Waals surface area contributed by atoms with Crippen molar-refractivity contribution in [1.82, 2.24) is 0 Å². The van der Waals surface area contributed by atoms with Gasteiger partial charge in [0, 0.05) is 11.1 Å². The molecule has 1 heterocycles. The summed E-state index contributed by atoms with van der Waals surface area (Å²) in [5.41, 5.74) is 12.0. The Hall–Kier alpha value is -5.92. The summed E-state index contributed by atoms with van der Waals surface area (Å²) in [6.45, 7) is 0. The maximum absolute atomic E-state index is 6.74. The molecule has 0 saturated carbocycles. The van der Waals surface area contributed by atoms with Crippen LogP contribution in [0.5, 0.6) is 11.5 Å². The highest BCUT2D eigenvalue weighted by molar-refractivity contribution is 6.21. The fourth-order valence-electron chi connectivity index (χ4n) is 8.37. The van der Waals surface area contributed by atoms with Crippen LogP contribution in [0.1, 0.15) is 22.3 Å². The summed E-state index contributed by atoms with van der Waals surface area (Å²) in [5.74, 6) is 1.82. The lowest BCUT2D eigenvalue weighted by atomic mass is 9.65. The van der Waals surface area contributed by atoms with Gasteiger partial charge in [0.05, 0.1) is 5.41 Å². The van der Waals surface area contributed by atoms with Crippen molar-refractivity contribution in [2.45, 2.75) is 5.41 Å². The fourth-order valence-corrected chi connectivity index (χ4v) is 8.37. The van der Waals surface area contributed by atoms with Gasteiger partial charge >= 0.3 is 0 Å². The van der Waals surface area contributed by atoms with Crippen molar-refractivity contribution in [2.24, 2.45) is 0 Å². The smallest absolute Gasteiger partial charge is 0.132 e. The lowest BCUT2D eigenvalue weighted by molar-refractivity contribution is 0.436. The van der Waals surface area contributed by atoms with Crippen LogP contribution >= 0.6 is 0 Å². The molecule has 0 aromatic heterocycles. The van der Waals surface area contributed by atoms with E-state index < -0.39 is 5.41 Å². The zero-order valence-corrected chi connectivity index (χ0v) is 25.1. The molecule has 46 heavy (non-hydrogen) atoms. The standard InChI is InChI=1S/C45H28O/c1-2-14-29(15-3-1)43-33-18-4-6-20-35(33)44(36-21-7-5-19-34(36)43)30-26-27-42-40(28-30)45(39-24-12-13-25-41(39)46-42)37-22-10-8-16-31(37)32-17-9-11-23-38(32)45/h1-28H. The predicted octanol–water partition coefficient (Wildman–Crippen LogP) is 11.8. The molecule has 0 bridgehead atoms. The molecule has 0 N–H and O–H groups in total. The van der Waals surface area contributed by atoms with Gasteiger partial charge in [-0.3, -0.25) is 0 Å². The van der Waals surface area contributed by atoms with E-state index in [1.165, 1.54) is 77.2 Å². The van der Waals surface area contributed by atoms with Gasteiger partial charge in [-0.05, 0) is 84.3 Å². The zero-order chi connectivity index (χ0) is 30.2. The Morgan fingerprint density at radius 1 is 0.326 bits per heavy atom. The topological polar surface area (TPSA) is 9.23 Å². The first-order chi connectivity index (χ1) is 22.8. The first kappa shape index (κ1) is 25.4. The summed E-state index contributed by atoms with van der Waals surface area (Å²) in [7, 11) is 0. The molecule has 1 spiro atoms. The molecule has 0 atom stereocenters. The van der Waals surface area contributed by atoms with E-state index >= 15 is 0 Å². The Balaban J connectivity index is 1.33. The fraction of sp³-hybridized carbons (Fsp3) is 0.0222. The number of ether oxygens (including phenoxy) is 1. The summed E-state index contributed by atoms with van der Waals surface area (Å²) >= 11 is 0. The lowest BCUT2D eigenvalue weighted by Crippen LogP contribution is -2.32. The summed E-state index contributed by atoms with van der Waals surface area (Å²) in [6.07, 6.45) is 0. The second-order valence-electron chi connectivity index (χ2n) is 12.4. The minimum Gasteiger partial charge on any atom is -0.457 e. The number of para-hydroxylation sites is 1. The quantitative estimate of drug-likeness (QED) is 0.184. The van der Waals surface area contributed by atoms with Gasteiger partial charge in [-0.15, -0.1) is 0 Å². The van der Waals surface area contributed by atoms with E-state index in [9.17, 15) is 0 Å². The third-order valence-electron chi connectivity index (χ3n) is 10.1. The molecule has 2 aliphatic rings. The molecule has 0 unspecified atom stereocenters. The second-order valence-corrected chi connectivity index (χ2v) is 12.4. The first-order valence-electron chi connectivity index (χ1n) is 15.9. The number of fused-ring (bicyclic) bond motifs is 11. The van der Waals surface area contributed by atoms with E-state index in [-0.39, 0.29) is 0 Å². The monoisotopic (exact) mass is 584 g/mol. The van der Waals surface area contributed by atoms with Crippen molar-refractivity contribution >= 4 is 21.5 Å². The number of rotatable bonds is 2. The SMILES string of the molecule is c1ccc(-c2c3ccccc3c(-c3ccc4c(c3)C3(c5ccccc5O4)c4ccccc4-c4ccccc43)c3ccccc23)cc1. The molecule has 0 amide bonds. The van der Waals surface area contributed by atoms with Crippen LogP contribution in [0.25, 0.3) is 54.9 Å². The molecule has 1 heteroatoms. The molecule has 10 rings (SSSR count). The molecule has 0 fully saturated rings. The van der Waals surface area contributed by atoms with E-state index in [1.54, 1.807) is 0 Å². The Labute approximate surface area is 268 Å².